The summed E-state index contributed by atoms with van der Waals surface area (Å²) >= 11 is 1.92. The molecule has 1 aromatic heterocycles. The lowest BCUT2D eigenvalue weighted by Crippen LogP contribution is -2.30. The number of aromatic carboxylic acids is 1. The molecule has 0 amide bonds. The molecule has 0 aliphatic heterocycles. The van der Waals surface area contributed by atoms with Gasteiger partial charge in [0.25, 0.3) is 0 Å². The van der Waals surface area contributed by atoms with Crippen molar-refractivity contribution in [2.45, 2.75) is 26.3 Å². The first kappa shape index (κ1) is 14.8. The average Bonchev–Trinajstić information content (AvgIpc) is 2.38. The molecule has 4 nitrogen and oxygen atoms in total. The number of hydrogen-bond donors (Lipinski definition) is 1. The normalized spacial score (nSPS) is 12.2. The molecule has 0 bridgehead atoms. The first-order valence-electron chi connectivity index (χ1n) is 6.07. The molecule has 5 heteroatoms. The van der Waals surface area contributed by atoms with Gasteiger partial charge in [0.15, 0.2) is 5.69 Å². The van der Waals surface area contributed by atoms with Gasteiger partial charge in [-0.1, -0.05) is 13.0 Å². The fourth-order valence-corrected chi connectivity index (χ4v) is 2.35. The molecule has 0 fully saturated rings. The number of anilines is 1. The van der Waals surface area contributed by atoms with Crippen molar-refractivity contribution >= 4 is 23.5 Å². The van der Waals surface area contributed by atoms with Gasteiger partial charge in [-0.3, -0.25) is 0 Å². The minimum absolute atomic E-state index is 0.0921. The Bertz CT molecular complexity index is 398. The largest absolute Gasteiger partial charge is 0.477 e. The van der Waals surface area contributed by atoms with Crippen molar-refractivity contribution in [3.8, 4) is 0 Å². The van der Waals surface area contributed by atoms with Gasteiger partial charge in [-0.2, -0.15) is 11.8 Å². The van der Waals surface area contributed by atoms with Crippen LogP contribution in [0.4, 0.5) is 5.82 Å². The minimum atomic E-state index is -0.987. The van der Waals surface area contributed by atoms with Crippen molar-refractivity contribution in [1.82, 2.24) is 4.98 Å². The predicted octanol–water partition coefficient (Wildman–Crippen LogP) is 2.75. The van der Waals surface area contributed by atoms with Crippen LogP contribution >= 0.6 is 11.8 Å². The van der Waals surface area contributed by atoms with Gasteiger partial charge in [-0.15, -0.1) is 0 Å². The zero-order valence-corrected chi connectivity index (χ0v) is 11.9. The number of carboxylic acids is 1. The Balaban J connectivity index is 2.67. The highest BCUT2D eigenvalue weighted by molar-refractivity contribution is 7.99. The molecule has 1 unspecified atom stereocenters. The Morgan fingerprint density at radius 3 is 2.89 bits per heavy atom. The van der Waals surface area contributed by atoms with Gasteiger partial charge >= 0.3 is 5.97 Å². The summed E-state index contributed by atoms with van der Waals surface area (Å²) in [6.07, 6.45) is 1.06. The lowest BCUT2D eigenvalue weighted by molar-refractivity contribution is 0.0690. The van der Waals surface area contributed by atoms with Gasteiger partial charge in [-0.25, -0.2) is 9.78 Å². The van der Waals surface area contributed by atoms with E-state index in [-0.39, 0.29) is 5.69 Å². The van der Waals surface area contributed by atoms with Crippen molar-refractivity contribution in [2.24, 2.45) is 0 Å². The van der Waals surface area contributed by atoms with Gasteiger partial charge < -0.3 is 10.0 Å². The van der Waals surface area contributed by atoms with Crippen molar-refractivity contribution in [1.29, 1.82) is 0 Å². The topological polar surface area (TPSA) is 53.4 Å². The van der Waals surface area contributed by atoms with Crippen LogP contribution in [0.5, 0.6) is 0 Å². The smallest absolute Gasteiger partial charge is 0.354 e. The van der Waals surface area contributed by atoms with Crippen LogP contribution in [0.3, 0.4) is 0 Å². The maximum Gasteiger partial charge on any atom is 0.354 e. The van der Waals surface area contributed by atoms with E-state index in [1.807, 2.05) is 29.8 Å². The van der Waals surface area contributed by atoms with E-state index in [0.717, 1.165) is 17.9 Å². The molecule has 18 heavy (non-hydrogen) atoms. The second-order valence-electron chi connectivity index (χ2n) is 4.13. The summed E-state index contributed by atoms with van der Waals surface area (Å²) in [7, 11) is 1.95. The van der Waals surface area contributed by atoms with Crippen molar-refractivity contribution < 1.29 is 9.90 Å². The third kappa shape index (κ3) is 4.22. The fourth-order valence-electron chi connectivity index (χ4n) is 1.56. The molecular formula is C13H20N2O2S. The molecule has 1 N–H and O–H groups in total. The van der Waals surface area contributed by atoms with Crippen LogP contribution in [0.15, 0.2) is 18.2 Å². The lowest BCUT2D eigenvalue weighted by Gasteiger charge is -2.26. The number of rotatable bonds is 7. The molecule has 0 spiro atoms. The highest BCUT2D eigenvalue weighted by atomic mass is 32.2. The molecule has 0 saturated heterocycles. The molecule has 1 aromatic rings. The van der Waals surface area contributed by atoms with E-state index in [0.29, 0.717) is 11.9 Å². The molecule has 0 radical (unpaired) electrons. The van der Waals surface area contributed by atoms with Crippen LogP contribution in [-0.4, -0.2) is 40.7 Å². The lowest BCUT2D eigenvalue weighted by atomic mass is 10.2. The van der Waals surface area contributed by atoms with Gasteiger partial charge in [0.2, 0.25) is 0 Å². The van der Waals surface area contributed by atoms with E-state index < -0.39 is 5.97 Å². The van der Waals surface area contributed by atoms with Gasteiger partial charge in [0.1, 0.15) is 5.82 Å². The highest BCUT2D eigenvalue weighted by Crippen LogP contribution is 2.16. The third-order valence-electron chi connectivity index (χ3n) is 2.86. The number of carboxylic acid groups (broad SMARTS) is 1. The number of aromatic nitrogens is 1. The molecular weight excluding hydrogens is 248 g/mol. The predicted molar refractivity (Wildman–Crippen MR) is 76.7 cm³/mol. The van der Waals surface area contributed by atoms with Crippen LogP contribution in [-0.2, 0) is 0 Å². The zero-order chi connectivity index (χ0) is 13.5. The van der Waals surface area contributed by atoms with Crippen molar-refractivity contribution in [3.63, 3.8) is 0 Å². The minimum Gasteiger partial charge on any atom is -0.477 e. The van der Waals surface area contributed by atoms with Crippen LogP contribution in [0.25, 0.3) is 0 Å². The van der Waals surface area contributed by atoms with Crippen molar-refractivity contribution in [2.75, 3.05) is 23.5 Å². The van der Waals surface area contributed by atoms with Crippen LogP contribution < -0.4 is 4.90 Å². The molecule has 0 saturated carbocycles. The summed E-state index contributed by atoms with van der Waals surface area (Å²) in [5, 5.41) is 8.92. The monoisotopic (exact) mass is 268 g/mol. The maximum atomic E-state index is 10.9. The molecule has 1 rings (SSSR count). The average molecular weight is 268 g/mol. The number of hydrogen-bond acceptors (Lipinski definition) is 4. The number of carbonyl (C=O) groups is 1. The second kappa shape index (κ2) is 7.26. The molecule has 0 aliphatic rings. The fraction of sp³-hybridized carbons (Fsp3) is 0.538. The summed E-state index contributed by atoms with van der Waals surface area (Å²) in [6, 6.07) is 5.43. The van der Waals surface area contributed by atoms with Crippen molar-refractivity contribution in [3.05, 3.63) is 23.9 Å². The summed E-state index contributed by atoms with van der Waals surface area (Å²) in [6.45, 7) is 4.28. The third-order valence-corrected chi connectivity index (χ3v) is 3.79. The van der Waals surface area contributed by atoms with Crippen LogP contribution in [0.2, 0.25) is 0 Å². The molecule has 1 atom stereocenters. The summed E-state index contributed by atoms with van der Waals surface area (Å²) in [5.41, 5.74) is 0.0921. The SMILES string of the molecule is CCSCCC(C)N(C)c1cccc(C(=O)O)n1. The Hall–Kier alpha value is -1.23. The Labute approximate surface area is 112 Å². The Kier molecular flexibility index (Phi) is 5.98. The van der Waals surface area contributed by atoms with Gasteiger partial charge in [0.05, 0.1) is 0 Å². The first-order chi connectivity index (χ1) is 8.56. The number of pyridine rings is 1. The molecule has 0 aliphatic carbocycles. The maximum absolute atomic E-state index is 10.9. The number of thioether (sulfide) groups is 1. The first-order valence-corrected chi connectivity index (χ1v) is 7.22. The van der Waals surface area contributed by atoms with E-state index >= 15 is 0 Å². The van der Waals surface area contributed by atoms with E-state index in [1.54, 1.807) is 6.07 Å². The van der Waals surface area contributed by atoms with E-state index in [9.17, 15) is 4.79 Å². The molecule has 100 valence electrons. The van der Waals surface area contributed by atoms with E-state index in [4.69, 9.17) is 5.11 Å². The zero-order valence-electron chi connectivity index (χ0n) is 11.1. The number of nitrogens with zero attached hydrogens (tertiary/aromatic N) is 2. The Morgan fingerprint density at radius 2 is 2.28 bits per heavy atom. The molecule has 1 heterocycles. The van der Waals surface area contributed by atoms with Crippen LogP contribution in [0, 0.1) is 0 Å². The summed E-state index contributed by atoms with van der Waals surface area (Å²) in [4.78, 5) is 17.0. The summed E-state index contributed by atoms with van der Waals surface area (Å²) < 4.78 is 0. The van der Waals surface area contributed by atoms with E-state index in [2.05, 4.69) is 18.8 Å². The Morgan fingerprint density at radius 1 is 1.56 bits per heavy atom. The second-order valence-corrected chi connectivity index (χ2v) is 5.53. The van der Waals surface area contributed by atoms with Gasteiger partial charge in [-0.05, 0) is 37.0 Å². The standard InChI is InChI=1S/C13H20N2O2S/c1-4-18-9-8-10(2)15(3)12-7-5-6-11(14-12)13(16)17/h5-7,10H,4,8-9H2,1-3H3,(H,16,17). The van der Waals surface area contributed by atoms with Crippen LogP contribution in [0.1, 0.15) is 30.8 Å². The van der Waals surface area contributed by atoms with E-state index in [1.165, 1.54) is 6.07 Å². The highest BCUT2D eigenvalue weighted by Gasteiger charge is 2.13. The summed E-state index contributed by atoms with van der Waals surface area (Å²) in [5.74, 6) is 1.97. The quantitative estimate of drug-likeness (QED) is 0.771. The van der Waals surface area contributed by atoms with Gasteiger partial charge in [0, 0.05) is 13.1 Å². The molecule has 0 aromatic carbocycles.